The van der Waals surface area contributed by atoms with Crippen molar-refractivity contribution in [2.75, 3.05) is 20.8 Å². The minimum absolute atomic E-state index is 0. The van der Waals surface area contributed by atoms with Gasteiger partial charge in [0.2, 0.25) is 0 Å². The third-order valence-corrected chi connectivity index (χ3v) is 4.28. The summed E-state index contributed by atoms with van der Waals surface area (Å²) in [6.07, 6.45) is 4.46. The summed E-state index contributed by atoms with van der Waals surface area (Å²) in [7, 11) is 3.26. The van der Waals surface area contributed by atoms with E-state index in [1.54, 1.807) is 20.4 Å². The highest BCUT2D eigenvalue weighted by molar-refractivity contribution is 14.0. The molecule has 2 aromatic carbocycles. The molecule has 154 valence electrons. The minimum atomic E-state index is 0. The zero-order valence-corrected chi connectivity index (χ0v) is 18.9. The number of guanidine groups is 1. The molecular weight excluding hydrogens is 481 g/mol. The second kappa shape index (κ2) is 11.3. The quantitative estimate of drug-likeness (QED) is 0.278. The molecule has 8 heteroatoms. The first-order valence-corrected chi connectivity index (χ1v) is 9.03. The van der Waals surface area contributed by atoms with Gasteiger partial charge >= 0.3 is 0 Å². The van der Waals surface area contributed by atoms with Crippen molar-refractivity contribution in [1.82, 2.24) is 15.1 Å². The van der Waals surface area contributed by atoms with Crippen molar-refractivity contribution < 1.29 is 9.47 Å². The zero-order chi connectivity index (χ0) is 19.8. The van der Waals surface area contributed by atoms with Crippen LogP contribution in [-0.2, 0) is 13.0 Å². The van der Waals surface area contributed by atoms with Crippen molar-refractivity contribution in [3.05, 3.63) is 72.1 Å². The fraction of sp³-hybridized carbons (Fsp3) is 0.238. The van der Waals surface area contributed by atoms with Gasteiger partial charge in [-0.25, -0.2) is 9.67 Å². The normalized spacial score (nSPS) is 10.9. The molecular formula is C21H26IN5O2. The van der Waals surface area contributed by atoms with Crippen molar-refractivity contribution >= 4 is 29.9 Å². The summed E-state index contributed by atoms with van der Waals surface area (Å²) in [6.45, 7) is 1.18. The van der Waals surface area contributed by atoms with E-state index < -0.39 is 0 Å². The van der Waals surface area contributed by atoms with Crippen molar-refractivity contribution in [2.24, 2.45) is 10.7 Å². The molecule has 0 radical (unpaired) electrons. The summed E-state index contributed by atoms with van der Waals surface area (Å²) in [5.41, 5.74) is 9.19. The van der Waals surface area contributed by atoms with Crippen LogP contribution in [0.2, 0.25) is 0 Å². The fourth-order valence-electron chi connectivity index (χ4n) is 2.82. The van der Waals surface area contributed by atoms with Crippen molar-refractivity contribution in [3.63, 3.8) is 0 Å². The molecule has 0 amide bonds. The van der Waals surface area contributed by atoms with E-state index in [1.807, 2.05) is 59.4 Å². The molecule has 0 spiro atoms. The third kappa shape index (κ3) is 6.38. The predicted octanol–water partition coefficient (Wildman–Crippen LogP) is 3.15. The highest BCUT2D eigenvalue weighted by Gasteiger charge is 2.04. The maximum Gasteiger partial charge on any atom is 0.188 e. The van der Waals surface area contributed by atoms with E-state index in [4.69, 9.17) is 15.2 Å². The molecule has 1 aromatic heterocycles. The van der Waals surface area contributed by atoms with Gasteiger partial charge in [0, 0.05) is 18.9 Å². The van der Waals surface area contributed by atoms with Crippen LogP contribution < -0.4 is 20.5 Å². The lowest BCUT2D eigenvalue weighted by atomic mass is 10.1. The maximum absolute atomic E-state index is 6.00. The number of rotatable bonds is 8. The molecule has 0 atom stereocenters. The summed E-state index contributed by atoms with van der Waals surface area (Å²) >= 11 is 0. The van der Waals surface area contributed by atoms with Gasteiger partial charge in [0.25, 0.3) is 0 Å². The Labute approximate surface area is 187 Å². The number of ether oxygens (including phenoxy) is 2. The van der Waals surface area contributed by atoms with Gasteiger partial charge in [-0.05, 0) is 47.9 Å². The number of benzene rings is 2. The Balaban J connectivity index is 0.00000300. The molecule has 3 N–H and O–H groups in total. The van der Waals surface area contributed by atoms with E-state index in [-0.39, 0.29) is 24.0 Å². The highest BCUT2D eigenvalue weighted by Crippen LogP contribution is 2.27. The topological polar surface area (TPSA) is 86.7 Å². The van der Waals surface area contributed by atoms with Crippen LogP contribution in [0.3, 0.4) is 0 Å². The molecule has 1 heterocycles. The van der Waals surface area contributed by atoms with Gasteiger partial charge < -0.3 is 20.5 Å². The Kier molecular flexibility index (Phi) is 8.78. The van der Waals surface area contributed by atoms with Crippen LogP contribution in [0.1, 0.15) is 11.1 Å². The lowest BCUT2D eigenvalue weighted by molar-refractivity contribution is 0.354. The standard InChI is InChI=1S/C21H25N5O2.HI/c1-27-19-8-7-16(14-20(19)28-2)9-11-23-21(22)24-15-17-5-3-6-18(13-17)26-12-4-10-25-26;/h3-8,10,12-14H,9,11,15H2,1-2H3,(H3,22,23,24);1H. The summed E-state index contributed by atoms with van der Waals surface area (Å²) in [4.78, 5) is 4.42. The van der Waals surface area contributed by atoms with Gasteiger partial charge in [-0.3, -0.25) is 0 Å². The number of nitrogens with one attached hydrogen (secondary N) is 1. The first-order valence-electron chi connectivity index (χ1n) is 9.03. The zero-order valence-electron chi connectivity index (χ0n) is 16.5. The molecule has 0 aliphatic rings. The van der Waals surface area contributed by atoms with Gasteiger partial charge in [0.1, 0.15) is 0 Å². The van der Waals surface area contributed by atoms with Gasteiger partial charge in [-0.1, -0.05) is 18.2 Å². The number of hydrogen-bond acceptors (Lipinski definition) is 4. The van der Waals surface area contributed by atoms with E-state index in [0.29, 0.717) is 19.0 Å². The Morgan fingerprint density at radius 3 is 2.62 bits per heavy atom. The fourth-order valence-corrected chi connectivity index (χ4v) is 2.82. The maximum atomic E-state index is 6.00. The largest absolute Gasteiger partial charge is 0.493 e. The molecule has 0 fully saturated rings. The second-order valence-corrected chi connectivity index (χ2v) is 6.19. The highest BCUT2D eigenvalue weighted by atomic mass is 127. The number of hydrogen-bond donors (Lipinski definition) is 2. The summed E-state index contributed by atoms with van der Waals surface area (Å²) in [5, 5.41) is 7.39. The van der Waals surface area contributed by atoms with E-state index >= 15 is 0 Å². The van der Waals surface area contributed by atoms with Crippen LogP contribution in [0.4, 0.5) is 0 Å². The molecule has 3 rings (SSSR count). The Morgan fingerprint density at radius 2 is 1.90 bits per heavy atom. The molecule has 3 aromatic rings. The van der Waals surface area contributed by atoms with Crippen LogP contribution in [0, 0.1) is 0 Å². The first kappa shape index (κ1) is 22.5. The van der Waals surface area contributed by atoms with E-state index in [2.05, 4.69) is 15.4 Å². The third-order valence-electron chi connectivity index (χ3n) is 4.28. The number of halogens is 1. The predicted molar refractivity (Wildman–Crippen MR) is 126 cm³/mol. The summed E-state index contributed by atoms with van der Waals surface area (Å²) in [5.74, 6) is 1.86. The number of aromatic nitrogens is 2. The Bertz CT molecular complexity index is 929. The molecule has 0 saturated heterocycles. The van der Waals surface area contributed by atoms with Crippen LogP contribution in [-0.4, -0.2) is 36.5 Å². The van der Waals surface area contributed by atoms with Crippen molar-refractivity contribution in [2.45, 2.75) is 13.0 Å². The number of aliphatic imine (C=N–C) groups is 1. The minimum Gasteiger partial charge on any atom is -0.493 e. The molecule has 0 bridgehead atoms. The number of nitrogens with zero attached hydrogens (tertiary/aromatic N) is 3. The average molecular weight is 507 g/mol. The lowest BCUT2D eigenvalue weighted by Gasteiger charge is -2.10. The molecule has 0 saturated carbocycles. The van der Waals surface area contributed by atoms with Gasteiger partial charge in [-0.2, -0.15) is 5.10 Å². The average Bonchev–Trinajstić information content (AvgIpc) is 3.27. The number of nitrogens with two attached hydrogens (primary N) is 1. The Morgan fingerprint density at radius 1 is 1.07 bits per heavy atom. The van der Waals surface area contributed by atoms with Crippen molar-refractivity contribution in [1.29, 1.82) is 0 Å². The van der Waals surface area contributed by atoms with Gasteiger partial charge in [-0.15, -0.1) is 24.0 Å². The molecule has 0 aliphatic heterocycles. The first-order chi connectivity index (χ1) is 13.7. The van der Waals surface area contributed by atoms with E-state index in [9.17, 15) is 0 Å². The molecule has 0 aliphatic carbocycles. The summed E-state index contributed by atoms with van der Waals surface area (Å²) in [6, 6.07) is 15.8. The van der Waals surface area contributed by atoms with Gasteiger partial charge in [0.15, 0.2) is 17.5 Å². The molecule has 7 nitrogen and oxygen atoms in total. The second-order valence-electron chi connectivity index (χ2n) is 6.19. The van der Waals surface area contributed by atoms with Crippen molar-refractivity contribution in [3.8, 4) is 17.2 Å². The smallest absolute Gasteiger partial charge is 0.188 e. The lowest BCUT2D eigenvalue weighted by Crippen LogP contribution is -2.33. The van der Waals surface area contributed by atoms with Gasteiger partial charge in [0.05, 0.1) is 26.5 Å². The Hall–Kier alpha value is -2.75. The van der Waals surface area contributed by atoms with E-state index in [0.717, 1.165) is 34.7 Å². The SMILES string of the molecule is COc1ccc(CCNC(N)=NCc2cccc(-n3cccn3)c2)cc1OC.I. The number of methoxy groups -OCH3 is 2. The van der Waals surface area contributed by atoms with E-state index in [1.165, 1.54) is 0 Å². The monoisotopic (exact) mass is 507 g/mol. The molecule has 29 heavy (non-hydrogen) atoms. The van der Waals surface area contributed by atoms with Crippen LogP contribution in [0.5, 0.6) is 11.5 Å². The van der Waals surface area contributed by atoms with Crippen LogP contribution in [0.15, 0.2) is 65.9 Å². The van der Waals surface area contributed by atoms with Crippen LogP contribution in [0.25, 0.3) is 5.69 Å². The molecule has 0 unspecified atom stereocenters. The summed E-state index contributed by atoms with van der Waals surface area (Å²) < 4.78 is 12.4. The van der Waals surface area contributed by atoms with Crippen LogP contribution >= 0.6 is 24.0 Å².